The van der Waals surface area contributed by atoms with E-state index in [1.165, 1.54) is 0 Å². The molecule has 5 heteroatoms. The van der Waals surface area contributed by atoms with Crippen molar-refractivity contribution in [1.29, 1.82) is 0 Å². The fourth-order valence-corrected chi connectivity index (χ4v) is 1.57. The van der Waals surface area contributed by atoms with Crippen LogP contribution in [0.3, 0.4) is 0 Å². The van der Waals surface area contributed by atoms with Crippen LogP contribution in [0.2, 0.25) is 0 Å². The number of aromatic nitrogens is 2. The molecule has 0 aromatic carbocycles. The van der Waals surface area contributed by atoms with Gasteiger partial charge in [0.05, 0.1) is 11.4 Å². The smallest absolute Gasteiger partial charge is 0.171 e. The molecule has 0 aliphatic heterocycles. The third kappa shape index (κ3) is 3.51. The summed E-state index contributed by atoms with van der Waals surface area (Å²) < 4.78 is 1.88. The van der Waals surface area contributed by atoms with Gasteiger partial charge in [-0.2, -0.15) is 5.10 Å². The van der Waals surface area contributed by atoms with Crippen molar-refractivity contribution >= 4 is 23.0 Å². The molecular formula is C10H18N4S. The summed E-state index contributed by atoms with van der Waals surface area (Å²) >= 11 is 5.16. The van der Waals surface area contributed by atoms with Crippen molar-refractivity contribution in [2.45, 2.75) is 40.3 Å². The number of aryl methyl sites for hydroxylation is 2. The molecule has 0 atom stereocenters. The molecule has 0 unspecified atom stereocenters. The highest BCUT2D eigenvalue weighted by Crippen LogP contribution is 2.11. The zero-order chi connectivity index (χ0) is 11.4. The van der Waals surface area contributed by atoms with E-state index in [1.807, 2.05) is 17.8 Å². The van der Waals surface area contributed by atoms with E-state index in [4.69, 9.17) is 12.2 Å². The predicted octanol–water partition coefficient (Wildman–Crippen LogP) is 1.91. The summed E-state index contributed by atoms with van der Waals surface area (Å²) in [6.07, 6.45) is 1.96. The highest BCUT2D eigenvalue weighted by Gasteiger charge is 2.05. The van der Waals surface area contributed by atoms with Crippen LogP contribution < -0.4 is 10.6 Å². The lowest BCUT2D eigenvalue weighted by molar-refractivity contribution is 0.653. The van der Waals surface area contributed by atoms with E-state index in [9.17, 15) is 0 Å². The van der Waals surface area contributed by atoms with Gasteiger partial charge in [-0.05, 0) is 39.9 Å². The maximum absolute atomic E-state index is 5.16. The molecule has 0 aliphatic rings. The van der Waals surface area contributed by atoms with Crippen LogP contribution in [0.4, 0.5) is 5.69 Å². The van der Waals surface area contributed by atoms with Crippen molar-refractivity contribution in [3.8, 4) is 0 Å². The van der Waals surface area contributed by atoms with Crippen LogP contribution in [-0.2, 0) is 6.54 Å². The number of rotatable bonds is 3. The molecule has 0 bridgehead atoms. The van der Waals surface area contributed by atoms with E-state index in [0.29, 0.717) is 11.2 Å². The van der Waals surface area contributed by atoms with E-state index in [1.54, 1.807) is 0 Å². The lowest BCUT2D eigenvalue weighted by Crippen LogP contribution is -2.33. The van der Waals surface area contributed by atoms with Gasteiger partial charge in [0.2, 0.25) is 0 Å². The highest BCUT2D eigenvalue weighted by atomic mass is 32.1. The number of nitrogens with one attached hydrogen (secondary N) is 2. The summed E-state index contributed by atoms with van der Waals surface area (Å²) in [5, 5.41) is 11.2. The van der Waals surface area contributed by atoms with Gasteiger partial charge in [0.25, 0.3) is 0 Å². The van der Waals surface area contributed by atoms with Crippen molar-refractivity contribution in [1.82, 2.24) is 15.1 Å². The largest absolute Gasteiger partial charge is 0.360 e. The van der Waals surface area contributed by atoms with Crippen molar-refractivity contribution in [3.05, 3.63) is 11.9 Å². The molecule has 0 spiro atoms. The Labute approximate surface area is 96.1 Å². The normalized spacial score (nSPS) is 10.5. The summed E-state index contributed by atoms with van der Waals surface area (Å²) in [6.45, 7) is 8.99. The molecule has 1 aromatic heterocycles. The Hall–Kier alpha value is -1.10. The van der Waals surface area contributed by atoms with Gasteiger partial charge in [-0.25, -0.2) is 0 Å². The Bertz CT molecular complexity index is 343. The second-order valence-corrected chi connectivity index (χ2v) is 4.15. The Morgan fingerprint density at radius 2 is 2.27 bits per heavy atom. The fourth-order valence-electron chi connectivity index (χ4n) is 1.22. The average molecular weight is 226 g/mol. The Morgan fingerprint density at radius 1 is 1.60 bits per heavy atom. The first-order valence-corrected chi connectivity index (χ1v) is 5.55. The zero-order valence-electron chi connectivity index (χ0n) is 9.66. The summed E-state index contributed by atoms with van der Waals surface area (Å²) in [7, 11) is 0. The lowest BCUT2D eigenvalue weighted by atomic mass is 10.4. The van der Waals surface area contributed by atoms with E-state index in [0.717, 1.165) is 17.9 Å². The van der Waals surface area contributed by atoms with Gasteiger partial charge in [-0.3, -0.25) is 4.68 Å². The zero-order valence-corrected chi connectivity index (χ0v) is 10.5. The molecule has 0 radical (unpaired) electrons. The van der Waals surface area contributed by atoms with Gasteiger partial charge < -0.3 is 10.6 Å². The van der Waals surface area contributed by atoms with E-state index in [-0.39, 0.29) is 0 Å². The number of thiocarbonyl (C=S) groups is 1. The van der Waals surface area contributed by atoms with Gasteiger partial charge in [0.1, 0.15) is 0 Å². The number of hydrogen-bond acceptors (Lipinski definition) is 2. The summed E-state index contributed by atoms with van der Waals surface area (Å²) in [6, 6.07) is 0.339. The number of anilines is 1. The van der Waals surface area contributed by atoms with E-state index < -0.39 is 0 Å². The Morgan fingerprint density at radius 3 is 2.73 bits per heavy atom. The summed E-state index contributed by atoms with van der Waals surface area (Å²) in [4.78, 5) is 0. The molecule has 15 heavy (non-hydrogen) atoms. The SMILES string of the molecule is CCn1cc(NC(=S)NC(C)C)c(C)n1. The minimum Gasteiger partial charge on any atom is -0.360 e. The van der Waals surface area contributed by atoms with Crippen molar-refractivity contribution < 1.29 is 0 Å². The van der Waals surface area contributed by atoms with Crippen LogP contribution in [0.5, 0.6) is 0 Å². The molecule has 0 saturated carbocycles. The third-order valence-electron chi connectivity index (χ3n) is 1.94. The van der Waals surface area contributed by atoms with Crippen molar-refractivity contribution in [2.75, 3.05) is 5.32 Å². The molecule has 1 aromatic rings. The molecular weight excluding hydrogens is 208 g/mol. The highest BCUT2D eigenvalue weighted by molar-refractivity contribution is 7.80. The van der Waals surface area contributed by atoms with Crippen LogP contribution in [0, 0.1) is 6.92 Å². The molecule has 0 amide bonds. The van der Waals surface area contributed by atoms with Gasteiger partial charge in [0, 0.05) is 18.8 Å². The maximum atomic E-state index is 5.16. The van der Waals surface area contributed by atoms with Crippen molar-refractivity contribution in [2.24, 2.45) is 0 Å². The van der Waals surface area contributed by atoms with E-state index in [2.05, 4.69) is 36.5 Å². The van der Waals surface area contributed by atoms with Crippen molar-refractivity contribution in [3.63, 3.8) is 0 Å². The first-order valence-electron chi connectivity index (χ1n) is 5.14. The average Bonchev–Trinajstić information content (AvgIpc) is 2.46. The molecule has 0 aliphatic carbocycles. The number of hydrogen-bond donors (Lipinski definition) is 2. The molecule has 1 heterocycles. The van der Waals surface area contributed by atoms with Gasteiger partial charge in [-0.15, -0.1) is 0 Å². The van der Waals surface area contributed by atoms with E-state index >= 15 is 0 Å². The Balaban J connectivity index is 2.63. The lowest BCUT2D eigenvalue weighted by Gasteiger charge is -2.12. The monoisotopic (exact) mass is 226 g/mol. The van der Waals surface area contributed by atoms with Crippen LogP contribution in [0.1, 0.15) is 26.5 Å². The number of nitrogens with zero attached hydrogens (tertiary/aromatic N) is 2. The van der Waals surface area contributed by atoms with Crippen LogP contribution in [0.25, 0.3) is 0 Å². The standard InChI is InChI=1S/C10H18N4S/c1-5-14-6-9(8(4)13-14)12-10(15)11-7(2)3/h6-7H,5H2,1-4H3,(H2,11,12,15). The van der Waals surface area contributed by atoms with Crippen LogP contribution in [0.15, 0.2) is 6.20 Å². The third-order valence-corrected chi connectivity index (χ3v) is 2.16. The molecule has 84 valence electrons. The maximum Gasteiger partial charge on any atom is 0.171 e. The topological polar surface area (TPSA) is 41.9 Å². The molecule has 2 N–H and O–H groups in total. The van der Waals surface area contributed by atoms with Gasteiger partial charge in [0.15, 0.2) is 5.11 Å². The summed E-state index contributed by atoms with van der Waals surface area (Å²) in [5.74, 6) is 0. The predicted molar refractivity (Wildman–Crippen MR) is 67.1 cm³/mol. The minimum absolute atomic E-state index is 0.339. The first-order chi connectivity index (χ1) is 7.02. The summed E-state index contributed by atoms with van der Waals surface area (Å²) in [5.41, 5.74) is 1.93. The van der Waals surface area contributed by atoms with Crippen LogP contribution in [-0.4, -0.2) is 20.9 Å². The first kappa shape index (κ1) is 12.0. The second-order valence-electron chi connectivity index (χ2n) is 3.74. The fraction of sp³-hybridized carbons (Fsp3) is 0.600. The Kier molecular flexibility index (Phi) is 4.08. The van der Waals surface area contributed by atoms with Crippen LogP contribution >= 0.6 is 12.2 Å². The molecule has 1 rings (SSSR count). The second kappa shape index (κ2) is 5.11. The minimum atomic E-state index is 0.339. The molecule has 0 saturated heterocycles. The quantitative estimate of drug-likeness (QED) is 0.773. The van der Waals surface area contributed by atoms with Gasteiger partial charge in [-0.1, -0.05) is 0 Å². The molecule has 0 fully saturated rings. The van der Waals surface area contributed by atoms with Gasteiger partial charge >= 0.3 is 0 Å². The molecule has 4 nitrogen and oxygen atoms in total.